The Kier molecular flexibility index (Phi) is 10.5. The first-order chi connectivity index (χ1) is 20.1. The summed E-state index contributed by atoms with van der Waals surface area (Å²) in [4.78, 5) is 64.0. The molecule has 11 nitrogen and oxygen atoms in total. The summed E-state index contributed by atoms with van der Waals surface area (Å²) >= 11 is 6.17. The molecule has 0 aliphatic carbocycles. The highest BCUT2D eigenvalue weighted by Gasteiger charge is 2.41. The van der Waals surface area contributed by atoms with E-state index in [2.05, 4.69) is 16.0 Å². The lowest BCUT2D eigenvalue weighted by Gasteiger charge is -2.28. The molecular formula is C30H35ClN4O7. The molecule has 4 rings (SSSR count). The Morgan fingerprint density at radius 2 is 1.90 bits per heavy atom. The summed E-state index contributed by atoms with van der Waals surface area (Å²) in [7, 11) is 0. The minimum atomic E-state index is -0.920. The van der Waals surface area contributed by atoms with Gasteiger partial charge in [0.1, 0.15) is 18.1 Å². The van der Waals surface area contributed by atoms with Gasteiger partial charge in [0.05, 0.1) is 23.7 Å². The first kappa shape index (κ1) is 31.0. The number of cyclic esters (lactones) is 1. The lowest BCUT2D eigenvalue weighted by atomic mass is 10.1. The predicted octanol–water partition coefficient (Wildman–Crippen LogP) is 2.81. The van der Waals surface area contributed by atoms with Crippen LogP contribution in [0.1, 0.15) is 55.5 Å². The van der Waals surface area contributed by atoms with Gasteiger partial charge in [-0.3, -0.25) is 24.0 Å². The summed E-state index contributed by atoms with van der Waals surface area (Å²) in [5.74, 6) is -2.10. The second-order valence-corrected chi connectivity index (χ2v) is 10.8. The molecule has 224 valence electrons. The Labute approximate surface area is 249 Å². The van der Waals surface area contributed by atoms with E-state index >= 15 is 0 Å². The van der Waals surface area contributed by atoms with Gasteiger partial charge in [-0.25, -0.2) is 0 Å². The highest BCUT2D eigenvalue weighted by atomic mass is 35.5. The lowest BCUT2D eigenvalue weighted by Crippen LogP contribution is -2.54. The molecule has 0 bridgehead atoms. The number of anilines is 1. The molecule has 4 atom stereocenters. The summed E-state index contributed by atoms with van der Waals surface area (Å²) in [6.45, 7) is 3.60. The van der Waals surface area contributed by atoms with Gasteiger partial charge in [0.15, 0.2) is 0 Å². The quantitative estimate of drug-likeness (QED) is 0.267. The van der Waals surface area contributed by atoms with E-state index in [1.54, 1.807) is 6.92 Å². The summed E-state index contributed by atoms with van der Waals surface area (Å²) in [5, 5.41) is 8.24. The molecule has 12 heteroatoms. The van der Waals surface area contributed by atoms with Gasteiger partial charge in [0, 0.05) is 19.0 Å². The lowest BCUT2D eigenvalue weighted by molar-refractivity contribution is -0.165. The van der Waals surface area contributed by atoms with Crippen LogP contribution in [0.3, 0.4) is 0 Å². The Morgan fingerprint density at radius 3 is 2.62 bits per heavy atom. The number of nitrogens with zero attached hydrogens (tertiary/aromatic N) is 1. The molecule has 2 saturated heterocycles. The largest absolute Gasteiger partial charge is 0.433 e. The van der Waals surface area contributed by atoms with Crippen molar-refractivity contribution in [1.29, 1.82) is 0 Å². The van der Waals surface area contributed by atoms with Crippen LogP contribution in [0, 0.1) is 0 Å². The third-order valence-corrected chi connectivity index (χ3v) is 7.44. The van der Waals surface area contributed by atoms with Gasteiger partial charge in [-0.1, -0.05) is 41.9 Å². The van der Waals surface area contributed by atoms with Crippen LogP contribution in [0.4, 0.5) is 5.69 Å². The second kappa shape index (κ2) is 14.3. The number of nitrogens with one attached hydrogen (secondary N) is 3. The number of carbonyl (C=O) groups is 5. The Bertz CT molecular complexity index is 1320. The average Bonchev–Trinajstić information content (AvgIpc) is 3.58. The van der Waals surface area contributed by atoms with Gasteiger partial charge in [0.2, 0.25) is 24.0 Å². The molecule has 2 aliphatic rings. The number of benzene rings is 2. The van der Waals surface area contributed by atoms with Crippen molar-refractivity contribution in [2.45, 2.75) is 70.4 Å². The first-order valence-electron chi connectivity index (χ1n) is 14.0. The van der Waals surface area contributed by atoms with Crippen LogP contribution in [-0.4, -0.2) is 72.1 Å². The number of likely N-dealkylation sites (tertiary alicyclic amines) is 1. The molecule has 4 amide bonds. The summed E-state index contributed by atoms with van der Waals surface area (Å²) in [5.41, 5.74) is 1.75. The number of rotatable bonds is 11. The van der Waals surface area contributed by atoms with E-state index in [0.29, 0.717) is 31.7 Å². The van der Waals surface area contributed by atoms with Crippen LogP contribution < -0.4 is 16.0 Å². The van der Waals surface area contributed by atoms with E-state index in [-0.39, 0.29) is 22.9 Å². The van der Waals surface area contributed by atoms with E-state index in [0.717, 1.165) is 12.8 Å². The van der Waals surface area contributed by atoms with Crippen molar-refractivity contribution in [2.24, 2.45) is 0 Å². The van der Waals surface area contributed by atoms with E-state index in [1.165, 1.54) is 35.6 Å². The third-order valence-electron chi connectivity index (χ3n) is 7.12. The molecule has 0 saturated carbocycles. The van der Waals surface area contributed by atoms with Crippen molar-refractivity contribution in [1.82, 2.24) is 15.5 Å². The highest BCUT2D eigenvalue weighted by Crippen LogP contribution is 2.24. The van der Waals surface area contributed by atoms with Crippen molar-refractivity contribution >= 4 is 46.9 Å². The van der Waals surface area contributed by atoms with Crippen LogP contribution in [0.15, 0.2) is 48.5 Å². The van der Waals surface area contributed by atoms with E-state index < -0.39 is 48.1 Å². The molecule has 0 spiro atoms. The van der Waals surface area contributed by atoms with Gasteiger partial charge < -0.3 is 30.3 Å². The third kappa shape index (κ3) is 8.07. The molecule has 2 aromatic rings. The molecule has 2 fully saturated rings. The van der Waals surface area contributed by atoms with Crippen LogP contribution >= 0.6 is 11.6 Å². The molecule has 2 aromatic carbocycles. The fourth-order valence-electron chi connectivity index (χ4n) is 5.05. The summed E-state index contributed by atoms with van der Waals surface area (Å²) in [6.07, 6.45) is 1.67. The maximum atomic E-state index is 13.3. The number of ether oxygens (including phenoxy) is 2. The van der Waals surface area contributed by atoms with Gasteiger partial charge in [-0.05, 0) is 56.4 Å². The van der Waals surface area contributed by atoms with Crippen LogP contribution in [0.2, 0.25) is 5.02 Å². The summed E-state index contributed by atoms with van der Waals surface area (Å²) in [6, 6.07) is 12.0. The zero-order valence-corrected chi connectivity index (χ0v) is 24.3. The van der Waals surface area contributed by atoms with Crippen molar-refractivity contribution in [3.63, 3.8) is 0 Å². The highest BCUT2D eigenvalue weighted by molar-refractivity contribution is 6.34. The van der Waals surface area contributed by atoms with Crippen molar-refractivity contribution in [3.8, 4) is 0 Å². The van der Waals surface area contributed by atoms with Crippen LogP contribution in [0.5, 0.6) is 0 Å². The fraction of sp³-hybridized carbons (Fsp3) is 0.433. The number of esters is 1. The second-order valence-electron chi connectivity index (χ2n) is 10.4. The smallest absolute Gasteiger partial charge is 0.310 e. The Morgan fingerprint density at radius 1 is 1.14 bits per heavy atom. The van der Waals surface area contributed by atoms with E-state index in [4.69, 9.17) is 21.1 Å². The maximum Gasteiger partial charge on any atom is 0.310 e. The zero-order chi connectivity index (χ0) is 30.2. The minimum Gasteiger partial charge on any atom is -0.433 e. The van der Waals surface area contributed by atoms with Crippen molar-refractivity contribution < 1.29 is 33.4 Å². The number of hydrogen-bond acceptors (Lipinski definition) is 7. The van der Waals surface area contributed by atoms with Crippen LogP contribution in [-0.2, 0) is 35.1 Å². The molecule has 2 heterocycles. The zero-order valence-electron chi connectivity index (χ0n) is 23.6. The van der Waals surface area contributed by atoms with Gasteiger partial charge in [0.25, 0.3) is 5.91 Å². The normalized spacial score (nSPS) is 20.5. The molecule has 1 unspecified atom stereocenters. The van der Waals surface area contributed by atoms with Gasteiger partial charge in [-0.2, -0.15) is 0 Å². The molecule has 0 radical (unpaired) electrons. The fourth-order valence-corrected chi connectivity index (χ4v) is 5.27. The SMILES string of the molecule is CC(=O)Nc1ccc(C(=O)N[C@@H](C)C(=O)N2CCC[C@H]2C(=O)NC2CC(=O)O[C@H]2OCCCc2ccccc2)cc1Cl. The average molecular weight is 599 g/mol. The number of carbonyl (C=O) groups excluding carboxylic acids is 5. The van der Waals surface area contributed by atoms with E-state index in [1.807, 2.05) is 30.3 Å². The standard InChI is InChI=1S/C30H35ClN4O7/c1-18(32-27(38)21-12-13-23(22(31)16-21)33-19(2)36)29(40)35-14-6-11-25(35)28(39)34-24-17-26(37)42-30(24)41-15-7-10-20-8-4-3-5-9-20/h3-5,8-9,12-13,16,18,24-25,30H,6-7,10-11,14-15,17H2,1-2H3,(H,32,38)(H,33,36)(H,34,39)/t18-,24?,25-,30+/m0/s1. The first-order valence-corrected chi connectivity index (χ1v) is 14.3. The summed E-state index contributed by atoms with van der Waals surface area (Å²) < 4.78 is 11.1. The number of aryl methyl sites for hydroxylation is 1. The van der Waals surface area contributed by atoms with Crippen LogP contribution in [0.25, 0.3) is 0 Å². The maximum absolute atomic E-state index is 13.3. The van der Waals surface area contributed by atoms with Crippen molar-refractivity contribution in [2.75, 3.05) is 18.5 Å². The Balaban J connectivity index is 1.29. The minimum absolute atomic E-state index is 0.0223. The topological polar surface area (TPSA) is 143 Å². The molecular weight excluding hydrogens is 564 g/mol. The predicted molar refractivity (Wildman–Crippen MR) is 155 cm³/mol. The van der Waals surface area contributed by atoms with Crippen molar-refractivity contribution in [3.05, 3.63) is 64.7 Å². The molecule has 42 heavy (non-hydrogen) atoms. The molecule has 0 aromatic heterocycles. The van der Waals surface area contributed by atoms with E-state index in [9.17, 15) is 24.0 Å². The van der Waals surface area contributed by atoms with Gasteiger partial charge >= 0.3 is 5.97 Å². The Hall–Kier alpha value is -3.96. The monoisotopic (exact) mass is 598 g/mol. The number of halogens is 1. The van der Waals surface area contributed by atoms with Gasteiger partial charge in [-0.15, -0.1) is 0 Å². The number of amides is 4. The number of hydrogen-bond donors (Lipinski definition) is 3. The molecule has 2 aliphatic heterocycles. The molecule has 3 N–H and O–H groups in total.